The van der Waals surface area contributed by atoms with Crippen LogP contribution in [0.15, 0.2) is 30.3 Å². The van der Waals surface area contributed by atoms with E-state index in [0.29, 0.717) is 6.04 Å². The van der Waals surface area contributed by atoms with Crippen LogP contribution in [0.25, 0.3) is 0 Å². The second-order valence-electron chi connectivity index (χ2n) is 5.23. The lowest BCUT2D eigenvalue weighted by atomic mass is 9.96. The number of nitrogens with one attached hydrogen (secondary N) is 1. The fraction of sp³-hybridized carbons (Fsp3) is 0.600. The van der Waals surface area contributed by atoms with Crippen molar-refractivity contribution in [3.8, 4) is 0 Å². The van der Waals surface area contributed by atoms with E-state index in [4.69, 9.17) is 0 Å². The topological polar surface area (TPSA) is 15.3 Å². The van der Waals surface area contributed by atoms with Crippen LogP contribution in [0.5, 0.6) is 0 Å². The van der Waals surface area contributed by atoms with Crippen molar-refractivity contribution in [2.75, 3.05) is 26.7 Å². The van der Waals surface area contributed by atoms with Crippen LogP contribution in [0, 0.1) is 5.92 Å². The highest BCUT2D eigenvalue weighted by Crippen LogP contribution is 2.26. The van der Waals surface area contributed by atoms with Gasteiger partial charge in [-0.1, -0.05) is 37.3 Å². The zero-order valence-electron chi connectivity index (χ0n) is 11.0. The molecular formula is C15H24N2. The van der Waals surface area contributed by atoms with Crippen LogP contribution in [-0.4, -0.2) is 31.6 Å². The van der Waals surface area contributed by atoms with E-state index in [9.17, 15) is 0 Å². The van der Waals surface area contributed by atoms with Crippen molar-refractivity contribution in [3.63, 3.8) is 0 Å². The van der Waals surface area contributed by atoms with Crippen LogP contribution < -0.4 is 5.32 Å². The first-order chi connectivity index (χ1) is 8.31. The van der Waals surface area contributed by atoms with Gasteiger partial charge >= 0.3 is 0 Å². The molecule has 2 nitrogen and oxygen atoms in total. The van der Waals surface area contributed by atoms with Gasteiger partial charge in [-0.05, 0) is 37.9 Å². The highest BCUT2D eigenvalue weighted by Gasteiger charge is 2.24. The van der Waals surface area contributed by atoms with Crippen molar-refractivity contribution in [2.24, 2.45) is 5.92 Å². The minimum atomic E-state index is 0.531. The number of nitrogens with zero attached hydrogens (tertiary/aromatic N) is 1. The molecule has 1 aromatic rings. The predicted octanol–water partition coefficient (Wildman–Crippen LogP) is 2.68. The summed E-state index contributed by atoms with van der Waals surface area (Å²) in [7, 11) is 2.04. The molecule has 0 amide bonds. The summed E-state index contributed by atoms with van der Waals surface area (Å²) in [4.78, 5) is 2.64. The Morgan fingerprint density at radius 2 is 2.12 bits per heavy atom. The summed E-state index contributed by atoms with van der Waals surface area (Å²) < 4.78 is 0. The Morgan fingerprint density at radius 3 is 2.76 bits per heavy atom. The molecule has 1 aromatic carbocycles. The van der Waals surface area contributed by atoms with Crippen LogP contribution in [0.3, 0.4) is 0 Å². The third-order valence-electron chi connectivity index (χ3n) is 3.71. The molecule has 2 unspecified atom stereocenters. The number of likely N-dealkylation sites (N-methyl/N-ethyl adjacent to an activating group) is 1. The molecule has 1 N–H and O–H groups in total. The Morgan fingerprint density at radius 1 is 1.35 bits per heavy atom. The second kappa shape index (κ2) is 6.18. The van der Waals surface area contributed by atoms with E-state index in [0.717, 1.165) is 12.5 Å². The van der Waals surface area contributed by atoms with Gasteiger partial charge in [0.05, 0.1) is 0 Å². The molecule has 2 atom stereocenters. The molecule has 1 fully saturated rings. The van der Waals surface area contributed by atoms with Crippen LogP contribution in [-0.2, 0) is 0 Å². The molecule has 94 valence electrons. The Kier molecular flexibility index (Phi) is 4.57. The average Bonchev–Trinajstić information content (AvgIpc) is 2.37. The maximum Gasteiger partial charge on any atom is 0.0472 e. The lowest BCUT2D eigenvalue weighted by molar-refractivity contribution is 0.129. The molecule has 0 aromatic heterocycles. The van der Waals surface area contributed by atoms with E-state index in [1.807, 2.05) is 7.05 Å². The fourth-order valence-electron chi connectivity index (χ4n) is 2.84. The third kappa shape index (κ3) is 3.30. The predicted molar refractivity (Wildman–Crippen MR) is 73.1 cm³/mol. The first-order valence-corrected chi connectivity index (χ1v) is 6.75. The van der Waals surface area contributed by atoms with E-state index in [1.165, 1.54) is 31.5 Å². The summed E-state index contributed by atoms with van der Waals surface area (Å²) in [5.74, 6) is 0.840. The van der Waals surface area contributed by atoms with Crippen LogP contribution in [0.2, 0.25) is 0 Å². The van der Waals surface area contributed by atoms with Gasteiger partial charge in [0.1, 0.15) is 0 Å². The standard InChI is InChI=1S/C15H24N2/c1-13-7-6-10-17(12-13)15(11-16-2)14-8-4-3-5-9-14/h3-5,8-9,13,15-16H,6-7,10-12H2,1-2H3. The van der Waals surface area contributed by atoms with Crippen molar-refractivity contribution >= 4 is 0 Å². The summed E-state index contributed by atoms with van der Waals surface area (Å²) in [6.45, 7) is 5.89. The van der Waals surface area contributed by atoms with E-state index < -0.39 is 0 Å². The van der Waals surface area contributed by atoms with Crippen molar-refractivity contribution in [3.05, 3.63) is 35.9 Å². The van der Waals surface area contributed by atoms with Gasteiger partial charge in [0.15, 0.2) is 0 Å². The Balaban J connectivity index is 2.11. The van der Waals surface area contributed by atoms with E-state index in [2.05, 4.69) is 47.5 Å². The van der Waals surface area contributed by atoms with E-state index in [-0.39, 0.29) is 0 Å². The molecular weight excluding hydrogens is 208 g/mol. The zero-order chi connectivity index (χ0) is 12.1. The highest BCUT2D eigenvalue weighted by molar-refractivity contribution is 5.19. The van der Waals surface area contributed by atoms with Gasteiger partial charge in [0.25, 0.3) is 0 Å². The normalized spacial score (nSPS) is 23.5. The summed E-state index contributed by atoms with van der Waals surface area (Å²) >= 11 is 0. The first-order valence-electron chi connectivity index (χ1n) is 6.75. The largest absolute Gasteiger partial charge is 0.318 e. The lowest BCUT2D eigenvalue weighted by Crippen LogP contribution is -2.41. The number of hydrogen-bond donors (Lipinski definition) is 1. The molecule has 1 aliphatic rings. The van der Waals surface area contributed by atoms with Crippen molar-refractivity contribution in [1.82, 2.24) is 10.2 Å². The summed E-state index contributed by atoms with van der Waals surface area (Å²) in [6.07, 6.45) is 2.73. The molecule has 0 aliphatic carbocycles. The number of hydrogen-bond acceptors (Lipinski definition) is 2. The lowest BCUT2D eigenvalue weighted by Gasteiger charge is -2.37. The van der Waals surface area contributed by atoms with Gasteiger partial charge in [-0.25, -0.2) is 0 Å². The first kappa shape index (κ1) is 12.6. The summed E-state index contributed by atoms with van der Waals surface area (Å²) in [5.41, 5.74) is 1.44. The van der Waals surface area contributed by atoms with Crippen LogP contribution in [0.1, 0.15) is 31.4 Å². The SMILES string of the molecule is CNCC(c1ccccc1)N1CCCC(C)C1. The Bertz CT molecular complexity index is 323. The molecule has 0 bridgehead atoms. The summed E-state index contributed by atoms with van der Waals surface area (Å²) in [6, 6.07) is 11.4. The maximum absolute atomic E-state index is 3.34. The van der Waals surface area contributed by atoms with Crippen molar-refractivity contribution < 1.29 is 0 Å². The minimum Gasteiger partial charge on any atom is -0.318 e. The quantitative estimate of drug-likeness (QED) is 0.858. The molecule has 1 saturated heterocycles. The number of likely N-dealkylation sites (tertiary alicyclic amines) is 1. The van der Waals surface area contributed by atoms with Gasteiger partial charge in [0.2, 0.25) is 0 Å². The Labute approximate surface area is 105 Å². The molecule has 1 aliphatic heterocycles. The smallest absolute Gasteiger partial charge is 0.0472 e. The average molecular weight is 232 g/mol. The van der Waals surface area contributed by atoms with Gasteiger partial charge in [-0.15, -0.1) is 0 Å². The van der Waals surface area contributed by atoms with Crippen molar-refractivity contribution in [2.45, 2.75) is 25.8 Å². The number of piperidine rings is 1. The van der Waals surface area contributed by atoms with Gasteiger partial charge in [0, 0.05) is 19.1 Å². The van der Waals surface area contributed by atoms with Crippen LogP contribution >= 0.6 is 0 Å². The molecule has 2 rings (SSSR count). The molecule has 1 heterocycles. The monoisotopic (exact) mass is 232 g/mol. The summed E-state index contributed by atoms with van der Waals surface area (Å²) in [5, 5.41) is 3.34. The van der Waals surface area contributed by atoms with Crippen molar-refractivity contribution in [1.29, 1.82) is 0 Å². The third-order valence-corrected chi connectivity index (χ3v) is 3.71. The molecule has 0 spiro atoms. The fourth-order valence-corrected chi connectivity index (χ4v) is 2.84. The minimum absolute atomic E-state index is 0.531. The van der Waals surface area contributed by atoms with E-state index >= 15 is 0 Å². The molecule has 0 radical (unpaired) electrons. The second-order valence-corrected chi connectivity index (χ2v) is 5.23. The maximum atomic E-state index is 3.34. The van der Waals surface area contributed by atoms with Crippen LogP contribution in [0.4, 0.5) is 0 Å². The van der Waals surface area contributed by atoms with Gasteiger partial charge in [-0.3, -0.25) is 4.90 Å². The van der Waals surface area contributed by atoms with Gasteiger partial charge < -0.3 is 5.32 Å². The van der Waals surface area contributed by atoms with Gasteiger partial charge in [-0.2, -0.15) is 0 Å². The molecule has 2 heteroatoms. The molecule has 17 heavy (non-hydrogen) atoms. The Hall–Kier alpha value is -0.860. The number of rotatable bonds is 4. The highest BCUT2D eigenvalue weighted by atomic mass is 15.2. The zero-order valence-corrected chi connectivity index (χ0v) is 11.0. The molecule has 0 saturated carbocycles. The van der Waals surface area contributed by atoms with E-state index in [1.54, 1.807) is 0 Å². The number of benzene rings is 1.